The number of carbonyl (C=O) groups excluding carboxylic acids is 4. The molecule has 1 aromatic carbocycles. The van der Waals surface area contributed by atoms with Crippen LogP contribution in [0.5, 0.6) is 0 Å². The SMILES string of the molecule is CC(C)C(CC(=O)NOCc1ccccc1)C(=O)NC(CC(=O)O)C(=O)CNS(=O)(=O)CC12CCC(CC1=O)C2(C)C. The average Bonchev–Trinajstić information content (AvgIpc) is 3.24. The van der Waals surface area contributed by atoms with Crippen molar-refractivity contribution in [2.75, 3.05) is 12.3 Å². The predicted octanol–water partition coefficient (Wildman–Crippen LogP) is 1.74. The average molecular weight is 608 g/mol. The molecule has 0 aromatic heterocycles. The smallest absolute Gasteiger partial charge is 0.305 e. The van der Waals surface area contributed by atoms with Gasteiger partial charge in [0.1, 0.15) is 5.78 Å². The van der Waals surface area contributed by atoms with Crippen LogP contribution in [0.15, 0.2) is 30.3 Å². The third-order valence-electron chi connectivity index (χ3n) is 8.94. The van der Waals surface area contributed by atoms with Gasteiger partial charge in [0.15, 0.2) is 5.78 Å². The standard InChI is InChI=1S/C29H41N3O9S/c1-18(2)21(13-25(35)32-41-16-19-8-6-5-7-9-19)27(38)31-22(14-26(36)37)23(33)15-30-42(39,40)17-29-11-10-20(12-24(29)34)28(29,3)4/h5-9,18,20-22,30H,10-17H2,1-4H3,(H,31,38)(H,32,35)(H,36,37). The maximum absolute atomic E-state index is 13.1. The number of rotatable bonds is 16. The van der Waals surface area contributed by atoms with Crippen molar-refractivity contribution in [3.8, 4) is 0 Å². The summed E-state index contributed by atoms with van der Waals surface area (Å²) in [6.45, 7) is 6.55. The molecule has 13 heteroatoms. The molecule has 0 spiro atoms. The number of nitrogens with one attached hydrogen (secondary N) is 3. The molecule has 2 aliphatic carbocycles. The third kappa shape index (κ3) is 7.81. The number of Topliss-reactive ketones (excluding diaryl/α,β-unsaturated/α-hetero) is 2. The Morgan fingerprint density at radius 2 is 1.76 bits per heavy atom. The number of aliphatic carboxylic acids is 1. The molecule has 0 saturated heterocycles. The molecule has 0 aliphatic heterocycles. The number of ketones is 2. The Morgan fingerprint density at radius 1 is 1.10 bits per heavy atom. The number of fused-ring (bicyclic) bond motifs is 2. The maximum Gasteiger partial charge on any atom is 0.305 e. The molecule has 1 aromatic rings. The second kappa shape index (κ2) is 13.4. The Hall–Kier alpha value is -3.16. The third-order valence-corrected chi connectivity index (χ3v) is 10.4. The molecular weight excluding hydrogens is 566 g/mol. The van der Waals surface area contributed by atoms with Crippen molar-refractivity contribution in [3.63, 3.8) is 0 Å². The zero-order valence-corrected chi connectivity index (χ0v) is 25.3. The second-order valence-electron chi connectivity index (χ2n) is 12.2. The first kappa shape index (κ1) is 33.3. The van der Waals surface area contributed by atoms with Gasteiger partial charge in [0, 0.05) is 24.2 Å². The van der Waals surface area contributed by atoms with Gasteiger partial charge in [-0.15, -0.1) is 0 Å². The van der Waals surface area contributed by atoms with Crippen LogP contribution in [0.2, 0.25) is 0 Å². The summed E-state index contributed by atoms with van der Waals surface area (Å²) in [5, 5.41) is 11.7. The topological polar surface area (TPSA) is 185 Å². The van der Waals surface area contributed by atoms with Crippen molar-refractivity contribution in [1.82, 2.24) is 15.5 Å². The number of hydrogen-bond acceptors (Lipinski definition) is 8. The second-order valence-corrected chi connectivity index (χ2v) is 14.0. The van der Waals surface area contributed by atoms with Gasteiger partial charge in [-0.2, -0.15) is 0 Å². The van der Waals surface area contributed by atoms with Gasteiger partial charge in [0.05, 0.1) is 31.4 Å². The van der Waals surface area contributed by atoms with Gasteiger partial charge in [-0.1, -0.05) is 58.0 Å². The lowest BCUT2D eigenvalue weighted by Crippen LogP contribution is -2.50. The van der Waals surface area contributed by atoms with Gasteiger partial charge >= 0.3 is 5.97 Å². The van der Waals surface area contributed by atoms with E-state index >= 15 is 0 Å². The van der Waals surface area contributed by atoms with Crippen LogP contribution < -0.4 is 15.5 Å². The highest BCUT2D eigenvalue weighted by molar-refractivity contribution is 7.89. The normalized spacial score (nSPS) is 22.5. The molecule has 3 rings (SSSR count). The Balaban J connectivity index is 1.59. The highest BCUT2D eigenvalue weighted by atomic mass is 32.2. The summed E-state index contributed by atoms with van der Waals surface area (Å²) in [5.41, 5.74) is 1.59. The number of carboxylic acids is 1. The molecule has 232 valence electrons. The molecule has 2 bridgehead atoms. The molecule has 2 saturated carbocycles. The summed E-state index contributed by atoms with van der Waals surface area (Å²) in [5.74, 6) is -5.24. The van der Waals surface area contributed by atoms with E-state index in [1.807, 2.05) is 44.2 Å². The van der Waals surface area contributed by atoms with Crippen LogP contribution in [0, 0.1) is 28.6 Å². The molecule has 4 atom stereocenters. The number of carboxylic acid groups (broad SMARTS) is 1. The van der Waals surface area contributed by atoms with Crippen molar-refractivity contribution in [1.29, 1.82) is 0 Å². The van der Waals surface area contributed by atoms with E-state index in [-0.39, 0.29) is 30.6 Å². The number of hydroxylamine groups is 1. The van der Waals surface area contributed by atoms with Crippen LogP contribution >= 0.6 is 0 Å². The van der Waals surface area contributed by atoms with Gasteiger partial charge < -0.3 is 10.4 Å². The van der Waals surface area contributed by atoms with Gasteiger partial charge in [-0.25, -0.2) is 18.6 Å². The number of carbonyl (C=O) groups is 5. The minimum absolute atomic E-state index is 0.0919. The molecule has 12 nitrogen and oxygen atoms in total. The van der Waals surface area contributed by atoms with E-state index in [1.54, 1.807) is 13.8 Å². The van der Waals surface area contributed by atoms with Crippen LogP contribution in [-0.2, 0) is 45.4 Å². The van der Waals surface area contributed by atoms with E-state index < -0.39 is 75.1 Å². The van der Waals surface area contributed by atoms with Crippen molar-refractivity contribution >= 4 is 39.4 Å². The van der Waals surface area contributed by atoms with E-state index in [1.165, 1.54) is 0 Å². The molecule has 0 heterocycles. The zero-order valence-electron chi connectivity index (χ0n) is 24.5. The van der Waals surface area contributed by atoms with E-state index in [0.29, 0.717) is 12.8 Å². The van der Waals surface area contributed by atoms with E-state index in [4.69, 9.17) is 4.84 Å². The van der Waals surface area contributed by atoms with Crippen LogP contribution in [0.4, 0.5) is 0 Å². The first-order chi connectivity index (χ1) is 19.6. The summed E-state index contributed by atoms with van der Waals surface area (Å²) in [7, 11) is -4.09. The van der Waals surface area contributed by atoms with Crippen molar-refractivity contribution in [3.05, 3.63) is 35.9 Å². The van der Waals surface area contributed by atoms with Crippen LogP contribution in [0.25, 0.3) is 0 Å². The fraction of sp³-hybridized carbons (Fsp3) is 0.621. The number of amides is 2. The Kier molecular flexibility index (Phi) is 10.7. The largest absolute Gasteiger partial charge is 0.481 e. The first-order valence-corrected chi connectivity index (χ1v) is 15.7. The van der Waals surface area contributed by atoms with Crippen molar-refractivity contribution in [2.45, 2.75) is 72.4 Å². The Labute approximate surface area is 246 Å². The highest BCUT2D eigenvalue weighted by Gasteiger charge is 2.65. The summed E-state index contributed by atoms with van der Waals surface area (Å²) in [6, 6.07) is 7.58. The summed E-state index contributed by atoms with van der Waals surface area (Å²) < 4.78 is 28.2. The molecule has 4 unspecified atom stereocenters. The molecule has 0 radical (unpaired) electrons. The number of hydrogen-bond donors (Lipinski definition) is 4. The minimum Gasteiger partial charge on any atom is -0.481 e. The van der Waals surface area contributed by atoms with E-state index in [2.05, 4.69) is 15.5 Å². The maximum atomic E-state index is 13.1. The zero-order chi connectivity index (χ0) is 31.3. The van der Waals surface area contributed by atoms with Crippen molar-refractivity contribution in [2.24, 2.45) is 28.6 Å². The fourth-order valence-electron chi connectivity index (χ4n) is 6.13. The van der Waals surface area contributed by atoms with Crippen molar-refractivity contribution < 1.29 is 42.3 Å². The van der Waals surface area contributed by atoms with E-state index in [0.717, 1.165) is 12.0 Å². The Morgan fingerprint density at radius 3 is 2.31 bits per heavy atom. The van der Waals surface area contributed by atoms with Crippen LogP contribution in [0.1, 0.15) is 65.4 Å². The molecule has 2 fully saturated rings. The van der Waals surface area contributed by atoms with Gasteiger partial charge in [-0.3, -0.25) is 28.8 Å². The fourth-order valence-corrected chi connectivity index (χ4v) is 7.92. The van der Waals surface area contributed by atoms with Gasteiger partial charge in [0.2, 0.25) is 21.8 Å². The van der Waals surface area contributed by atoms with Crippen LogP contribution in [0.3, 0.4) is 0 Å². The predicted molar refractivity (Wildman–Crippen MR) is 152 cm³/mol. The Bertz CT molecular complexity index is 1300. The monoisotopic (exact) mass is 607 g/mol. The van der Waals surface area contributed by atoms with E-state index in [9.17, 15) is 37.5 Å². The van der Waals surface area contributed by atoms with Gasteiger partial charge in [-0.05, 0) is 35.7 Å². The van der Waals surface area contributed by atoms with Crippen LogP contribution in [-0.4, -0.2) is 61.2 Å². The summed E-state index contributed by atoms with van der Waals surface area (Å²) in [4.78, 5) is 67.9. The molecule has 2 amide bonds. The number of benzene rings is 1. The lowest BCUT2D eigenvalue weighted by atomic mass is 9.70. The minimum atomic E-state index is -4.09. The summed E-state index contributed by atoms with van der Waals surface area (Å²) >= 11 is 0. The van der Waals surface area contributed by atoms with Gasteiger partial charge in [0.25, 0.3) is 0 Å². The first-order valence-electron chi connectivity index (χ1n) is 14.1. The molecule has 42 heavy (non-hydrogen) atoms. The number of sulfonamides is 1. The molecule has 2 aliphatic rings. The quantitative estimate of drug-likeness (QED) is 0.203. The highest BCUT2D eigenvalue weighted by Crippen LogP contribution is 2.64. The lowest BCUT2D eigenvalue weighted by Gasteiger charge is -2.36. The molecule has 4 N–H and O–H groups in total. The molecular formula is C29H41N3O9S. The lowest BCUT2D eigenvalue weighted by molar-refractivity contribution is -0.142. The summed E-state index contributed by atoms with van der Waals surface area (Å²) in [6.07, 6.45) is 0.487.